The van der Waals surface area contributed by atoms with Gasteiger partial charge in [0.15, 0.2) is 29.5 Å². The lowest BCUT2D eigenvalue weighted by Gasteiger charge is -2.27. The van der Waals surface area contributed by atoms with Crippen LogP contribution in [0.25, 0.3) is 22.0 Å². The molecule has 1 aliphatic carbocycles. The van der Waals surface area contributed by atoms with Crippen LogP contribution in [-0.4, -0.2) is 48.0 Å². The number of fused-ring (bicyclic) bond motifs is 1. The smallest absolute Gasteiger partial charge is 0.239 e. The molecule has 1 unspecified atom stereocenters. The van der Waals surface area contributed by atoms with E-state index in [1.54, 1.807) is 62.5 Å². The van der Waals surface area contributed by atoms with E-state index in [4.69, 9.17) is 0 Å². The van der Waals surface area contributed by atoms with Gasteiger partial charge < -0.3 is 0 Å². The maximum atomic E-state index is 17.0. The van der Waals surface area contributed by atoms with Gasteiger partial charge in [0.25, 0.3) is 0 Å². The van der Waals surface area contributed by atoms with E-state index in [-0.39, 0.29) is 22.9 Å². The molecule has 43 heavy (non-hydrogen) atoms. The molecule has 0 aliphatic heterocycles. The molecule has 1 heterocycles. The summed E-state index contributed by atoms with van der Waals surface area (Å²) >= 11 is 0. The van der Waals surface area contributed by atoms with E-state index in [1.165, 1.54) is 30.5 Å². The minimum Gasteiger partial charge on any atom is -0.256 e. The fourth-order valence-electron chi connectivity index (χ4n) is 5.05. The fraction of sp³-hybridized carbons (Fsp3) is 0.323. The Morgan fingerprint density at radius 1 is 0.837 bits per heavy atom. The highest BCUT2D eigenvalue weighted by Crippen LogP contribution is 2.46. The number of pyridine rings is 1. The van der Waals surface area contributed by atoms with Crippen LogP contribution in [0.15, 0.2) is 83.9 Å². The summed E-state index contributed by atoms with van der Waals surface area (Å²) in [6, 6.07) is 18.9. The lowest BCUT2D eigenvalue weighted by Crippen LogP contribution is -2.36. The number of hydrogen-bond donors (Lipinski definition) is 0. The van der Waals surface area contributed by atoms with Crippen LogP contribution in [0.5, 0.6) is 0 Å². The first-order chi connectivity index (χ1) is 19.4. The molecule has 1 aromatic heterocycles. The Morgan fingerprint density at radius 2 is 1.49 bits per heavy atom. The Balaban J connectivity index is 0.00000423. The minimum atomic E-state index is -4.28. The van der Waals surface area contributed by atoms with Gasteiger partial charge in [0.1, 0.15) is 0 Å². The van der Waals surface area contributed by atoms with Crippen molar-refractivity contribution in [1.82, 2.24) is 4.98 Å². The van der Waals surface area contributed by atoms with Crippen molar-refractivity contribution in [2.24, 2.45) is 0 Å². The van der Waals surface area contributed by atoms with Crippen molar-refractivity contribution >= 4 is 52.8 Å². The summed E-state index contributed by atoms with van der Waals surface area (Å²) in [4.78, 5) is 4.49. The van der Waals surface area contributed by atoms with Crippen molar-refractivity contribution in [2.45, 2.75) is 53.0 Å². The van der Waals surface area contributed by atoms with E-state index >= 15 is 4.39 Å². The Hall–Kier alpha value is -2.86. The molecule has 0 spiro atoms. The number of aromatic nitrogens is 1. The second-order valence-corrected chi connectivity index (χ2v) is 18.5. The molecule has 1 fully saturated rings. The van der Waals surface area contributed by atoms with E-state index in [1.807, 2.05) is 6.07 Å². The Morgan fingerprint density at radius 3 is 2.07 bits per heavy atom. The van der Waals surface area contributed by atoms with Crippen molar-refractivity contribution < 1.29 is 29.6 Å². The molecule has 7 nitrogen and oxygen atoms in total. The Bertz CT molecular complexity index is 2030. The predicted octanol–water partition coefficient (Wildman–Crippen LogP) is 5.95. The number of hydrogen-bond acceptors (Lipinski definition) is 7. The van der Waals surface area contributed by atoms with Gasteiger partial charge in [-0.25, -0.2) is 29.6 Å². The molecule has 230 valence electrons. The average Bonchev–Trinajstić information content (AvgIpc) is 3.78. The molecule has 0 amide bonds. The third kappa shape index (κ3) is 6.09. The van der Waals surface area contributed by atoms with Crippen molar-refractivity contribution in [2.75, 3.05) is 12.5 Å². The fourth-order valence-corrected chi connectivity index (χ4v) is 8.34. The molecule has 12 heteroatoms. The second kappa shape index (κ2) is 11.3. The Kier molecular flexibility index (Phi) is 8.64. The first kappa shape index (κ1) is 33.0. The normalized spacial score (nSPS) is 15.9. The summed E-state index contributed by atoms with van der Waals surface area (Å²) < 4.78 is 92.1. The number of alkyl halides is 1. The standard InChI is InChI=1S/C31H32FNO6S3.ClH/c1-30(2,41(4,36)37)25-18-23-9-6-16-33-29(23)28(19-25)22-8-5-7-21(17-22)20-31(32,42(38,39)27-14-15-27)24-10-12-26(13-11-24)40(3,34)35;/h5-13,16-19,27H,14-15,20H2,1-4H3;1H. The van der Waals surface area contributed by atoms with Gasteiger partial charge in [-0.05, 0) is 73.7 Å². The Labute approximate surface area is 258 Å². The van der Waals surface area contributed by atoms with Gasteiger partial charge in [0, 0.05) is 41.6 Å². The van der Waals surface area contributed by atoms with Crippen molar-refractivity contribution in [1.29, 1.82) is 0 Å². The zero-order chi connectivity index (χ0) is 30.7. The summed E-state index contributed by atoms with van der Waals surface area (Å²) in [6.07, 6.45) is 4.10. The molecule has 0 radical (unpaired) electrons. The van der Waals surface area contributed by atoms with Gasteiger partial charge in [0.2, 0.25) is 5.00 Å². The van der Waals surface area contributed by atoms with Crippen molar-refractivity contribution in [3.8, 4) is 11.1 Å². The summed E-state index contributed by atoms with van der Waals surface area (Å²) in [5.41, 5.74) is 2.72. The second-order valence-electron chi connectivity index (χ2n) is 11.5. The maximum absolute atomic E-state index is 17.0. The average molecular weight is 666 g/mol. The highest BCUT2D eigenvalue weighted by Gasteiger charge is 2.53. The molecule has 1 aliphatic rings. The number of sulfone groups is 3. The molecule has 3 aromatic carbocycles. The monoisotopic (exact) mass is 665 g/mol. The molecule has 0 bridgehead atoms. The van der Waals surface area contributed by atoms with Crippen molar-refractivity contribution in [3.63, 3.8) is 0 Å². The van der Waals surface area contributed by atoms with Gasteiger partial charge in [-0.15, -0.1) is 12.4 Å². The van der Waals surface area contributed by atoms with Gasteiger partial charge >= 0.3 is 0 Å². The molecule has 0 N–H and O–H groups in total. The molecular formula is C31H33ClFNO6S3. The van der Waals surface area contributed by atoms with Crippen LogP contribution in [0.4, 0.5) is 4.39 Å². The van der Waals surface area contributed by atoms with Crippen LogP contribution in [0.1, 0.15) is 43.4 Å². The van der Waals surface area contributed by atoms with E-state index in [0.29, 0.717) is 40.6 Å². The number of rotatable bonds is 9. The highest BCUT2D eigenvalue weighted by atomic mass is 35.5. The zero-order valence-electron chi connectivity index (χ0n) is 24.1. The predicted molar refractivity (Wildman–Crippen MR) is 170 cm³/mol. The third-order valence-corrected chi connectivity index (χ3v) is 14.0. The van der Waals surface area contributed by atoms with Crippen LogP contribution >= 0.6 is 12.4 Å². The first-order valence-corrected chi connectivity index (χ1v) is 18.7. The van der Waals surface area contributed by atoms with E-state index < -0.39 is 50.9 Å². The zero-order valence-corrected chi connectivity index (χ0v) is 27.4. The first-order valence-electron chi connectivity index (χ1n) is 13.4. The third-order valence-electron chi connectivity index (χ3n) is 8.12. The minimum absolute atomic E-state index is 0. The van der Waals surface area contributed by atoms with E-state index in [9.17, 15) is 25.3 Å². The van der Waals surface area contributed by atoms with Crippen LogP contribution in [-0.2, 0) is 45.7 Å². The van der Waals surface area contributed by atoms with Crippen LogP contribution in [0, 0.1) is 0 Å². The molecule has 4 aromatic rings. The van der Waals surface area contributed by atoms with E-state index in [2.05, 4.69) is 4.98 Å². The lowest BCUT2D eigenvalue weighted by atomic mass is 9.92. The number of benzene rings is 3. The maximum Gasteiger partial charge on any atom is 0.239 e. The summed E-state index contributed by atoms with van der Waals surface area (Å²) in [5.74, 6) is 0. The van der Waals surface area contributed by atoms with Gasteiger partial charge in [-0.2, -0.15) is 0 Å². The highest BCUT2D eigenvalue weighted by molar-refractivity contribution is 7.93. The topological polar surface area (TPSA) is 115 Å². The molecule has 0 saturated heterocycles. The van der Waals surface area contributed by atoms with Crippen LogP contribution in [0.3, 0.4) is 0 Å². The van der Waals surface area contributed by atoms with Gasteiger partial charge in [-0.3, -0.25) is 4.98 Å². The molecule has 1 saturated carbocycles. The largest absolute Gasteiger partial charge is 0.256 e. The van der Waals surface area contributed by atoms with Gasteiger partial charge in [0.05, 0.1) is 20.4 Å². The molecule has 1 atom stereocenters. The quantitative estimate of drug-likeness (QED) is 0.217. The molecule has 5 rings (SSSR count). The van der Waals surface area contributed by atoms with Gasteiger partial charge in [-0.1, -0.05) is 42.5 Å². The van der Waals surface area contributed by atoms with Crippen LogP contribution < -0.4 is 0 Å². The van der Waals surface area contributed by atoms with Crippen LogP contribution in [0.2, 0.25) is 0 Å². The number of nitrogens with zero attached hydrogens (tertiary/aromatic N) is 1. The van der Waals surface area contributed by atoms with Crippen molar-refractivity contribution in [3.05, 3.63) is 95.7 Å². The number of halogens is 2. The molecular weight excluding hydrogens is 633 g/mol. The SMILES string of the molecule is CC(C)(c1cc(-c2cccc(CC(F)(c3ccc(S(C)(=O)=O)cc3)S(=O)(=O)C3CC3)c2)c2ncccc2c1)S(C)(=O)=O.Cl. The van der Waals surface area contributed by atoms with E-state index in [0.717, 1.165) is 11.6 Å². The summed E-state index contributed by atoms with van der Waals surface area (Å²) in [5, 5.41) is -2.86. The lowest BCUT2D eigenvalue weighted by molar-refractivity contribution is 0.269. The summed E-state index contributed by atoms with van der Waals surface area (Å²) in [6.45, 7) is 3.27. The summed E-state index contributed by atoms with van der Waals surface area (Å²) in [7, 11) is -11.3.